The van der Waals surface area contributed by atoms with Crippen LogP contribution in [0, 0.1) is 11.7 Å². The molecule has 1 heterocycles. The second-order valence-electron chi connectivity index (χ2n) is 4.58. The Hall–Kier alpha value is -1.07. The largest absolute Gasteiger partial charge is 0.396 e. The summed E-state index contributed by atoms with van der Waals surface area (Å²) in [6.07, 6.45) is 1.54. The van der Waals surface area contributed by atoms with E-state index in [1.807, 2.05) is 0 Å². The molecule has 18 heavy (non-hydrogen) atoms. The maximum Gasteiger partial charge on any atom is 0.256 e. The third kappa shape index (κ3) is 2.84. The van der Waals surface area contributed by atoms with Crippen molar-refractivity contribution in [2.24, 2.45) is 5.92 Å². The van der Waals surface area contributed by atoms with Gasteiger partial charge in [-0.2, -0.15) is 0 Å². The van der Waals surface area contributed by atoms with Crippen LogP contribution in [-0.4, -0.2) is 35.6 Å². The molecule has 1 saturated heterocycles. The summed E-state index contributed by atoms with van der Waals surface area (Å²) in [5.74, 6) is -0.544. The maximum absolute atomic E-state index is 13.6. The Morgan fingerprint density at radius 2 is 2.11 bits per heavy atom. The number of hydrogen-bond donors (Lipinski definition) is 2. The zero-order valence-corrected chi connectivity index (χ0v) is 10.9. The van der Waals surface area contributed by atoms with Gasteiger partial charge in [-0.05, 0) is 37.0 Å². The number of aliphatic hydroxyl groups is 1. The second kappa shape index (κ2) is 5.71. The molecule has 1 aromatic carbocycles. The highest BCUT2D eigenvalue weighted by Gasteiger charge is 2.24. The number of amides is 1. The zero-order chi connectivity index (χ0) is 13.1. The van der Waals surface area contributed by atoms with Crippen LogP contribution < -0.4 is 0 Å². The SMILES string of the molecule is O=C(c1cc(S)ccc1F)N1CCC(CO)CC1. The van der Waals surface area contributed by atoms with Crippen LogP contribution in [0.2, 0.25) is 0 Å². The van der Waals surface area contributed by atoms with E-state index in [0.717, 1.165) is 12.8 Å². The van der Waals surface area contributed by atoms with Gasteiger partial charge in [0.25, 0.3) is 5.91 Å². The molecule has 1 amide bonds. The summed E-state index contributed by atoms with van der Waals surface area (Å²) in [5, 5.41) is 9.04. The van der Waals surface area contributed by atoms with E-state index in [-0.39, 0.29) is 24.0 Å². The Bertz CT molecular complexity index is 445. The Labute approximate surface area is 111 Å². The van der Waals surface area contributed by atoms with E-state index in [0.29, 0.717) is 18.0 Å². The predicted molar refractivity (Wildman–Crippen MR) is 69.4 cm³/mol. The summed E-state index contributed by atoms with van der Waals surface area (Å²) in [4.78, 5) is 14.4. The Balaban J connectivity index is 2.10. The van der Waals surface area contributed by atoms with Gasteiger partial charge in [-0.25, -0.2) is 4.39 Å². The Morgan fingerprint density at radius 3 is 2.72 bits per heavy atom. The Morgan fingerprint density at radius 1 is 1.44 bits per heavy atom. The van der Waals surface area contributed by atoms with E-state index >= 15 is 0 Å². The molecule has 0 aliphatic carbocycles. The molecule has 1 aromatic rings. The van der Waals surface area contributed by atoms with Gasteiger partial charge in [0.2, 0.25) is 0 Å². The minimum atomic E-state index is -0.512. The number of nitrogens with zero attached hydrogens (tertiary/aromatic N) is 1. The lowest BCUT2D eigenvalue weighted by Gasteiger charge is -2.31. The highest BCUT2D eigenvalue weighted by Crippen LogP contribution is 2.21. The second-order valence-corrected chi connectivity index (χ2v) is 5.10. The van der Waals surface area contributed by atoms with Crippen LogP contribution in [0.15, 0.2) is 23.1 Å². The van der Waals surface area contributed by atoms with Crippen molar-refractivity contribution in [3.63, 3.8) is 0 Å². The molecule has 0 bridgehead atoms. The van der Waals surface area contributed by atoms with Gasteiger partial charge in [0.05, 0.1) is 5.56 Å². The third-order valence-electron chi connectivity index (χ3n) is 3.34. The fourth-order valence-corrected chi connectivity index (χ4v) is 2.37. The zero-order valence-electron chi connectivity index (χ0n) is 9.97. The molecule has 0 atom stereocenters. The lowest BCUT2D eigenvalue weighted by Crippen LogP contribution is -2.39. The molecule has 0 unspecified atom stereocenters. The average molecular weight is 269 g/mol. The highest BCUT2D eigenvalue weighted by atomic mass is 32.1. The number of hydrogen-bond acceptors (Lipinski definition) is 3. The number of benzene rings is 1. The standard InChI is InChI=1S/C13H16FNO2S/c14-12-2-1-10(18)7-11(12)13(17)15-5-3-9(8-16)4-6-15/h1-2,7,9,16,18H,3-6,8H2. The first kappa shape index (κ1) is 13.4. The number of piperidine rings is 1. The van der Waals surface area contributed by atoms with Crippen molar-refractivity contribution in [1.82, 2.24) is 4.90 Å². The number of carbonyl (C=O) groups is 1. The van der Waals surface area contributed by atoms with Crippen molar-refractivity contribution in [3.8, 4) is 0 Å². The first-order valence-electron chi connectivity index (χ1n) is 6.00. The molecule has 5 heteroatoms. The quantitative estimate of drug-likeness (QED) is 0.806. The average Bonchev–Trinajstić information content (AvgIpc) is 2.41. The van der Waals surface area contributed by atoms with Crippen LogP contribution in [0.1, 0.15) is 23.2 Å². The lowest BCUT2D eigenvalue weighted by molar-refractivity contribution is 0.0646. The third-order valence-corrected chi connectivity index (χ3v) is 3.62. The topological polar surface area (TPSA) is 40.5 Å². The number of likely N-dealkylation sites (tertiary alicyclic amines) is 1. The molecule has 1 N–H and O–H groups in total. The lowest BCUT2D eigenvalue weighted by atomic mass is 9.97. The minimum Gasteiger partial charge on any atom is -0.396 e. The van der Waals surface area contributed by atoms with Gasteiger partial charge in [-0.1, -0.05) is 0 Å². The molecule has 0 aromatic heterocycles. The van der Waals surface area contributed by atoms with Gasteiger partial charge in [0.1, 0.15) is 5.82 Å². The number of aliphatic hydroxyl groups excluding tert-OH is 1. The van der Waals surface area contributed by atoms with Crippen molar-refractivity contribution in [1.29, 1.82) is 0 Å². The molecule has 0 radical (unpaired) electrons. The van der Waals surface area contributed by atoms with Gasteiger partial charge in [0, 0.05) is 24.6 Å². The summed E-state index contributed by atoms with van der Waals surface area (Å²) >= 11 is 4.12. The van der Waals surface area contributed by atoms with Gasteiger partial charge in [-0.3, -0.25) is 4.79 Å². The van der Waals surface area contributed by atoms with Crippen LogP contribution in [0.3, 0.4) is 0 Å². The molecule has 1 aliphatic heterocycles. The van der Waals surface area contributed by atoms with Gasteiger partial charge < -0.3 is 10.0 Å². The summed E-state index contributed by atoms with van der Waals surface area (Å²) in [5.41, 5.74) is 0.0740. The summed E-state index contributed by atoms with van der Waals surface area (Å²) in [6.45, 7) is 1.29. The number of rotatable bonds is 2. The Kier molecular flexibility index (Phi) is 4.24. The molecular weight excluding hydrogens is 253 g/mol. The molecule has 1 aliphatic rings. The number of carbonyl (C=O) groups excluding carboxylic acids is 1. The van der Waals surface area contributed by atoms with Crippen LogP contribution in [0.5, 0.6) is 0 Å². The fraction of sp³-hybridized carbons (Fsp3) is 0.462. The summed E-state index contributed by atoms with van der Waals surface area (Å²) < 4.78 is 13.6. The van der Waals surface area contributed by atoms with Crippen LogP contribution in [0.25, 0.3) is 0 Å². The normalized spacial score (nSPS) is 16.9. The number of thiol groups is 1. The van der Waals surface area contributed by atoms with Crippen molar-refractivity contribution in [3.05, 3.63) is 29.6 Å². The van der Waals surface area contributed by atoms with Gasteiger partial charge in [-0.15, -0.1) is 12.6 Å². The molecule has 0 saturated carbocycles. The van der Waals surface area contributed by atoms with Crippen molar-refractivity contribution < 1.29 is 14.3 Å². The van der Waals surface area contributed by atoms with Crippen LogP contribution in [0.4, 0.5) is 4.39 Å². The van der Waals surface area contributed by atoms with Crippen molar-refractivity contribution >= 4 is 18.5 Å². The van der Waals surface area contributed by atoms with E-state index in [1.54, 1.807) is 4.90 Å². The summed E-state index contributed by atoms with van der Waals surface area (Å²) in [6, 6.07) is 4.24. The highest BCUT2D eigenvalue weighted by molar-refractivity contribution is 7.80. The molecule has 2 rings (SSSR count). The molecule has 0 spiro atoms. The van der Waals surface area contributed by atoms with Crippen molar-refractivity contribution in [2.75, 3.05) is 19.7 Å². The van der Waals surface area contributed by atoms with E-state index < -0.39 is 5.82 Å². The maximum atomic E-state index is 13.6. The van der Waals surface area contributed by atoms with E-state index in [4.69, 9.17) is 5.11 Å². The molecule has 3 nitrogen and oxygen atoms in total. The van der Waals surface area contributed by atoms with Crippen LogP contribution >= 0.6 is 12.6 Å². The van der Waals surface area contributed by atoms with E-state index in [9.17, 15) is 9.18 Å². The monoisotopic (exact) mass is 269 g/mol. The predicted octanol–water partition coefficient (Wildman–Crippen LogP) is 1.96. The fourth-order valence-electron chi connectivity index (χ4n) is 2.17. The smallest absolute Gasteiger partial charge is 0.256 e. The van der Waals surface area contributed by atoms with Gasteiger partial charge >= 0.3 is 0 Å². The molecule has 98 valence electrons. The van der Waals surface area contributed by atoms with Gasteiger partial charge in [0.15, 0.2) is 0 Å². The summed E-state index contributed by atoms with van der Waals surface area (Å²) in [7, 11) is 0. The molecular formula is C13H16FNO2S. The molecule has 1 fully saturated rings. The van der Waals surface area contributed by atoms with E-state index in [2.05, 4.69) is 12.6 Å². The van der Waals surface area contributed by atoms with Crippen molar-refractivity contribution in [2.45, 2.75) is 17.7 Å². The van der Waals surface area contributed by atoms with Crippen LogP contribution in [-0.2, 0) is 0 Å². The first-order valence-corrected chi connectivity index (χ1v) is 6.45. The number of halogens is 1. The minimum absolute atomic E-state index is 0.0740. The first-order chi connectivity index (χ1) is 8.61. The van der Waals surface area contributed by atoms with E-state index in [1.165, 1.54) is 18.2 Å².